The quantitative estimate of drug-likeness (QED) is 0.850. The minimum Gasteiger partial charge on any atom is -0.480 e. The van der Waals surface area contributed by atoms with Gasteiger partial charge in [0, 0.05) is 0 Å². The van der Waals surface area contributed by atoms with Crippen LogP contribution >= 0.6 is 0 Å². The maximum atomic E-state index is 11.3. The van der Waals surface area contributed by atoms with Crippen LogP contribution in [0.5, 0.6) is 0 Å². The number of benzene rings is 1. The van der Waals surface area contributed by atoms with Gasteiger partial charge in [-0.05, 0) is 50.3 Å². The number of carboxylic acid groups (broad SMARTS) is 1. The number of nitrogens with zero attached hydrogens (tertiary/aromatic N) is 1. The first kappa shape index (κ1) is 13.6. The van der Waals surface area contributed by atoms with Gasteiger partial charge in [0.25, 0.3) is 0 Å². The molecule has 102 valence electrons. The van der Waals surface area contributed by atoms with Gasteiger partial charge in [0.15, 0.2) is 0 Å². The van der Waals surface area contributed by atoms with Crippen LogP contribution in [0, 0.1) is 20.8 Å². The van der Waals surface area contributed by atoms with E-state index in [1.54, 1.807) is 0 Å². The van der Waals surface area contributed by atoms with Gasteiger partial charge in [-0.1, -0.05) is 17.7 Å². The van der Waals surface area contributed by atoms with Crippen molar-refractivity contribution in [1.29, 1.82) is 0 Å². The number of rotatable bonds is 3. The van der Waals surface area contributed by atoms with E-state index in [2.05, 4.69) is 12.1 Å². The number of aryl methyl sites for hydroxylation is 3. The van der Waals surface area contributed by atoms with E-state index < -0.39 is 12.0 Å². The lowest BCUT2D eigenvalue weighted by Gasteiger charge is -2.27. The van der Waals surface area contributed by atoms with Gasteiger partial charge in [-0.3, -0.25) is 4.79 Å². The molecule has 0 aromatic heterocycles. The third-order valence-electron chi connectivity index (χ3n) is 3.91. The van der Waals surface area contributed by atoms with E-state index in [1.165, 1.54) is 10.5 Å². The zero-order chi connectivity index (χ0) is 14.2. The van der Waals surface area contributed by atoms with Crippen molar-refractivity contribution in [2.24, 2.45) is 0 Å². The molecule has 1 N–H and O–H groups in total. The van der Waals surface area contributed by atoms with Crippen LogP contribution in [0.4, 0.5) is 0 Å². The first-order valence-electron chi connectivity index (χ1n) is 6.49. The molecule has 1 aliphatic rings. The molecule has 0 saturated carbocycles. The smallest absolute Gasteiger partial charge is 0.326 e. The molecule has 2 atom stereocenters. The average molecular weight is 261 g/mol. The van der Waals surface area contributed by atoms with Gasteiger partial charge in [-0.15, -0.1) is 0 Å². The Kier molecular flexibility index (Phi) is 3.60. The zero-order valence-corrected chi connectivity index (χ0v) is 11.5. The Balaban J connectivity index is 2.43. The number of likely N-dealkylation sites (tertiary alicyclic amines) is 1. The highest BCUT2D eigenvalue weighted by molar-refractivity contribution is 5.77. The van der Waals surface area contributed by atoms with E-state index in [4.69, 9.17) is 5.11 Å². The normalized spacial score (nSPS) is 22.6. The minimum atomic E-state index is -0.919. The molecular weight excluding hydrogens is 242 g/mol. The van der Waals surface area contributed by atoms with Crippen molar-refractivity contribution in [1.82, 2.24) is 4.90 Å². The van der Waals surface area contributed by atoms with Gasteiger partial charge in [0.2, 0.25) is 6.41 Å². The molecule has 1 saturated heterocycles. The molecule has 1 heterocycles. The summed E-state index contributed by atoms with van der Waals surface area (Å²) in [5.74, 6) is -0.919. The first-order chi connectivity index (χ1) is 8.95. The molecule has 0 unspecified atom stereocenters. The number of hydrogen-bond acceptors (Lipinski definition) is 2. The summed E-state index contributed by atoms with van der Waals surface area (Å²) < 4.78 is 0. The van der Waals surface area contributed by atoms with Crippen LogP contribution in [-0.2, 0) is 9.59 Å². The van der Waals surface area contributed by atoms with Crippen LogP contribution in [0.1, 0.15) is 41.1 Å². The lowest BCUT2D eigenvalue weighted by atomic mass is 9.93. The van der Waals surface area contributed by atoms with Crippen molar-refractivity contribution >= 4 is 12.4 Å². The average Bonchev–Trinajstić information content (AvgIpc) is 2.71. The zero-order valence-electron chi connectivity index (χ0n) is 11.5. The number of carbonyl (C=O) groups is 2. The van der Waals surface area contributed by atoms with Gasteiger partial charge >= 0.3 is 5.97 Å². The van der Waals surface area contributed by atoms with Crippen LogP contribution in [0.15, 0.2) is 12.1 Å². The predicted octanol–water partition coefficient (Wildman–Crippen LogP) is 2.36. The van der Waals surface area contributed by atoms with Crippen molar-refractivity contribution in [3.63, 3.8) is 0 Å². The molecular formula is C15H19NO3. The SMILES string of the molecule is Cc1cc(C)c([C@H]2CC[C@@H](C(=O)O)N2C=O)c(C)c1. The highest BCUT2D eigenvalue weighted by atomic mass is 16.4. The van der Waals surface area contributed by atoms with Crippen molar-refractivity contribution in [2.75, 3.05) is 0 Å². The summed E-state index contributed by atoms with van der Waals surface area (Å²) in [6, 6.07) is 3.36. The van der Waals surface area contributed by atoms with E-state index >= 15 is 0 Å². The topological polar surface area (TPSA) is 57.6 Å². The highest BCUT2D eigenvalue weighted by Gasteiger charge is 2.38. The van der Waals surface area contributed by atoms with E-state index in [9.17, 15) is 9.59 Å². The molecule has 2 rings (SSSR count). The highest BCUT2D eigenvalue weighted by Crippen LogP contribution is 2.38. The molecule has 1 aromatic carbocycles. The second-order valence-electron chi connectivity index (χ2n) is 5.31. The van der Waals surface area contributed by atoms with Gasteiger partial charge in [-0.25, -0.2) is 4.79 Å². The predicted molar refractivity (Wildman–Crippen MR) is 72.0 cm³/mol. The fourth-order valence-corrected chi connectivity index (χ4v) is 3.24. The Morgan fingerprint density at radius 1 is 1.26 bits per heavy atom. The third-order valence-corrected chi connectivity index (χ3v) is 3.91. The Morgan fingerprint density at radius 3 is 2.32 bits per heavy atom. The van der Waals surface area contributed by atoms with Crippen molar-refractivity contribution in [3.8, 4) is 0 Å². The minimum absolute atomic E-state index is 0.112. The number of carboxylic acids is 1. The maximum absolute atomic E-state index is 11.3. The van der Waals surface area contributed by atoms with Crippen LogP contribution < -0.4 is 0 Å². The fraction of sp³-hybridized carbons (Fsp3) is 0.467. The van der Waals surface area contributed by atoms with Crippen LogP contribution in [0.2, 0.25) is 0 Å². The van der Waals surface area contributed by atoms with Gasteiger partial charge in [0.1, 0.15) is 6.04 Å². The summed E-state index contributed by atoms with van der Waals surface area (Å²) in [7, 11) is 0. The molecule has 19 heavy (non-hydrogen) atoms. The number of aliphatic carboxylic acids is 1. The summed E-state index contributed by atoms with van der Waals surface area (Å²) in [5, 5.41) is 9.16. The molecule has 1 aromatic rings. The molecule has 1 aliphatic heterocycles. The van der Waals surface area contributed by atoms with Crippen molar-refractivity contribution in [3.05, 3.63) is 34.4 Å². The van der Waals surface area contributed by atoms with Crippen LogP contribution in [0.3, 0.4) is 0 Å². The second-order valence-corrected chi connectivity index (χ2v) is 5.31. The maximum Gasteiger partial charge on any atom is 0.326 e. The standard InChI is InChI=1S/C15H19NO3/c1-9-6-10(2)14(11(3)7-9)12-4-5-13(15(18)19)16(12)8-17/h6-8,12-13H,4-5H2,1-3H3,(H,18,19)/t12-,13+/m1/s1. The molecule has 0 spiro atoms. The van der Waals surface area contributed by atoms with E-state index in [0.717, 1.165) is 16.7 Å². The lowest BCUT2D eigenvalue weighted by Crippen LogP contribution is -2.36. The van der Waals surface area contributed by atoms with Crippen LogP contribution in [0.25, 0.3) is 0 Å². The van der Waals surface area contributed by atoms with E-state index in [1.807, 2.05) is 20.8 Å². The Labute approximate surface area is 113 Å². The molecule has 0 aliphatic carbocycles. The summed E-state index contributed by atoms with van der Waals surface area (Å²) in [4.78, 5) is 23.9. The second kappa shape index (κ2) is 5.03. The number of carbonyl (C=O) groups excluding carboxylic acids is 1. The molecule has 4 heteroatoms. The molecule has 4 nitrogen and oxygen atoms in total. The van der Waals surface area contributed by atoms with E-state index in [0.29, 0.717) is 19.3 Å². The Hall–Kier alpha value is -1.84. The summed E-state index contributed by atoms with van der Waals surface area (Å²) in [6.45, 7) is 6.08. The monoisotopic (exact) mass is 261 g/mol. The summed E-state index contributed by atoms with van der Waals surface area (Å²) in [6.07, 6.45) is 1.90. The Bertz CT molecular complexity index is 501. The van der Waals surface area contributed by atoms with Gasteiger partial charge in [0.05, 0.1) is 6.04 Å². The Morgan fingerprint density at radius 2 is 1.84 bits per heavy atom. The van der Waals surface area contributed by atoms with Gasteiger partial charge in [-0.2, -0.15) is 0 Å². The first-order valence-corrected chi connectivity index (χ1v) is 6.49. The molecule has 0 radical (unpaired) electrons. The lowest BCUT2D eigenvalue weighted by molar-refractivity contribution is -0.145. The van der Waals surface area contributed by atoms with Crippen molar-refractivity contribution < 1.29 is 14.7 Å². The number of hydrogen-bond donors (Lipinski definition) is 1. The largest absolute Gasteiger partial charge is 0.480 e. The molecule has 1 amide bonds. The summed E-state index contributed by atoms with van der Waals surface area (Å²) in [5.41, 5.74) is 4.53. The third kappa shape index (κ3) is 2.35. The van der Waals surface area contributed by atoms with Crippen LogP contribution in [-0.4, -0.2) is 28.4 Å². The fourth-order valence-electron chi connectivity index (χ4n) is 3.24. The van der Waals surface area contributed by atoms with E-state index in [-0.39, 0.29) is 6.04 Å². The molecule has 0 bridgehead atoms. The van der Waals surface area contributed by atoms with Gasteiger partial charge < -0.3 is 10.0 Å². The summed E-state index contributed by atoms with van der Waals surface area (Å²) >= 11 is 0. The number of amides is 1. The van der Waals surface area contributed by atoms with Crippen molar-refractivity contribution in [2.45, 2.75) is 45.7 Å². The molecule has 1 fully saturated rings.